The molecule has 0 aromatic heterocycles. The summed E-state index contributed by atoms with van der Waals surface area (Å²) >= 11 is 0. The number of methoxy groups -OCH3 is 1. The highest BCUT2D eigenvalue weighted by atomic mass is 16.5. The first kappa shape index (κ1) is 17.0. The average Bonchev–Trinajstić information content (AvgIpc) is 2.45. The lowest BCUT2D eigenvalue weighted by Crippen LogP contribution is -2.32. The Bertz CT molecular complexity index is 352. The molecule has 0 aliphatic carbocycles. The summed E-state index contributed by atoms with van der Waals surface area (Å²) in [5.74, 6) is 0. The number of rotatable bonds is 10. The monoisotopic (exact) mass is 280 g/mol. The summed E-state index contributed by atoms with van der Waals surface area (Å²) < 4.78 is 5.00. The van der Waals surface area contributed by atoms with Crippen LogP contribution in [0.1, 0.15) is 25.8 Å². The highest BCUT2D eigenvalue weighted by Crippen LogP contribution is 2.18. The number of aliphatic hydroxyl groups is 1. The third-order valence-electron chi connectivity index (χ3n) is 3.26. The smallest absolute Gasteiger partial charge is 0.0587 e. The number of hydrogen-bond acceptors (Lipinski definition) is 4. The number of nitrogens with zero attached hydrogens (tertiary/aromatic N) is 1. The fourth-order valence-electron chi connectivity index (χ4n) is 2.14. The van der Waals surface area contributed by atoms with E-state index in [1.54, 1.807) is 7.11 Å². The molecule has 0 radical (unpaired) electrons. The molecule has 0 fully saturated rings. The molecule has 0 bridgehead atoms. The van der Waals surface area contributed by atoms with Crippen molar-refractivity contribution in [2.45, 2.75) is 32.9 Å². The van der Waals surface area contributed by atoms with Gasteiger partial charge in [0.15, 0.2) is 0 Å². The lowest BCUT2D eigenvalue weighted by atomic mass is 10.1. The van der Waals surface area contributed by atoms with Crippen molar-refractivity contribution >= 4 is 5.69 Å². The topological polar surface area (TPSA) is 44.7 Å². The Morgan fingerprint density at radius 1 is 1.25 bits per heavy atom. The van der Waals surface area contributed by atoms with E-state index >= 15 is 0 Å². The minimum absolute atomic E-state index is 0.241. The molecule has 0 unspecified atom stereocenters. The third kappa shape index (κ3) is 5.90. The van der Waals surface area contributed by atoms with Crippen LogP contribution in [0.2, 0.25) is 0 Å². The van der Waals surface area contributed by atoms with Crippen LogP contribution in [-0.4, -0.2) is 44.6 Å². The van der Waals surface area contributed by atoms with Crippen LogP contribution in [0.4, 0.5) is 5.69 Å². The largest absolute Gasteiger partial charge is 0.396 e. The SMILES string of the molecule is COCCNCc1ccc(N(CCCO)C(C)C)cc1. The first-order chi connectivity index (χ1) is 9.69. The van der Waals surface area contributed by atoms with Crippen LogP contribution in [0, 0.1) is 0 Å². The summed E-state index contributed by atoms with van der Waals surface area (Å²) in [6, 6.07) is 9.06. The Labute approximate surface area is 122 Å². The van der Waals surface area contributed by atoms with Crippen LogP contribution in [-0.2, 0) is 11.3 Å². The van der Waals surface area contributed by atoms with Crippen molar-refractivity contribution in [1.29, 1.82) is 0 Å². The molecule has 0 atom stereocenters. The van der Waals surface area contributed by atoms with E-state index in [1.165, 1.54) is 11.3 Å². The second-order valence-electron chi connectivity index (χ2n) is 5.20. The van der Waals surface area contributed by atoms with Gasteiger partial charge in [-0.2, -0.15) is 0 Å². The Kier molecular flexibility index (Phi) is 8.26. The van der Waals surface area contributed by atoms with Gasteiger partial charge in [-0.15, -0.1) is 0 Å². The van der Waals surface area contributed by atoms with E-state index in [0.717, 1.165) is 32.7 Å². The van der Waals surface area contributed by atoms with E-state index in [1.807, 2.05) is 0 Å². The number of aliphatic hydroxyl groups excluding tert-OH is 1. The maximum atomic E-state index is 8.98. The first-order valence-corrected chi connectivity index (χ1v) is 7.35. The van der Waals surface area contributed by atoms with Gasteiger partial charge in [0.05, 0.1) is 6.61 Å². The van der Waals surface area contributed by atoms with E-state index in [2.05, 4.69) is 48.3 Å². The molecule has 0 spiro atoms. The fraction of sp³-hybridized carbons (Fsp3) is 0.625. The van der Waals surface area contributed by atoms with E-state index in [-0.39, 0.29) is 6.61 Å². The lowest BCUT2D eigenvalue weighted by molar-refractivity contribution is 0.199. The number of ether oxygens (including phenoxy) is 1. The van der Waals surface area contributed by atoms with Crippen LogP contribution in [0.15, 0.2) is 24.3 Å². The van der Waals surface area contributed by atoms with Crippen molar-refractivity contribution in [3.05, 3.63) is 29.8 Å². The van der Waals surface area contributed by atoms with Gasteiger partial charge in [0.25, 0.3) is 0 Å². The van der Waals surface area contributed by atoms with E-state index in [0.29, 0.717) is 6.04 Å². The first-order valence-electron chi connectivity index (χ1n) is 7.35. The highest BCUT2D eigenvalue weighted by molar-refractivity contribution is 5.48. The van der Waals surface area contributed by atoms with Crippen molar-refractivity contribution in [2.24, 2.45) is 0 Å². The molecule has 1 aromatic carbocycles. The van der Waals surface area contributed by atoms with Gasteiger partial charge in [-0.3, -0.25) is 0 Å². The van der Waals surface area contributed by atoms with E-state index in [9.17, 15) is 0 Å². The van der Waals surface area contributed by atoms with Crippen molar-refractivity contribution in [3.63, 3.8) is 0 Å². The minimum atomic E-state index is 0.241. The summed E-state index contributed by atoms with van der Waals surface area (Å²) in [7, 11) is 1.71. The number of benzene rings is 1. The fourth-order valence-corrected chi connectivity index (χ4v) is 2.14. The predicted octanol–water partition coefficient (Wildman–Crippen LogP) is 2.02. The van der Waals surface area contributed by atoms with Crippen molar-refractivity contribution < 1.29 is 9.84 Å². The highest BCUT2D eigenvalue weighted by Gasteiger charge is 2.09. The summed E-state index contributed by atoms with van der Waals surface area (Å²) in [6.07, 6.45) is 0.804. The molecule has 0 saturated heterocycles. The molecule has 4 nitrogen and oxygen atoms in total. The Morgan fingerprint density at radius 3 is 2.50 bits per heavy atom. The van der Waals surface area contributed by atoms with Gasteiger partial charge < -0.3 is 20.1 Å². The van der Waals surface area contributed by atoms with E-state index in [4.69, 9.17) is 9.84 Å². The second-order valence-corrected chi connectivity index (χ2v) is 5.20. The molecular weight excluding hydrogens is 252 g/mol. The summed E-state index contributed by atoms with van der Waals surface area (Å²) in [5.41, 5.74) is 2.49. The maximum absolute atomic E-state index is 8.98. The third-order valence-corrected chi connectivity index (χ3v) is 3.26. The molecule has 0 amide bonds. The van der Waals surface area contributed by atoms with Gasteiger partial charge in [0.2, 0.25) is 0 Å². The average molecular weight is 280 g/mol. The molecule has 114 valence electrons. The summed E-state index contributed by atoms with van der Waals surface area (Å²) in [5, 5.41) is 12.3. The molecule has 0 aliphatic rings. The van der Waals surface area contributed by atoms with Crippen LogP contribution in [0.5, 0.6) is 0 Å². The normalized spacial score (nSPS) is 11.1. The Hall–Kier alpha value is -1.10. The van der Waals surface area contributed by atoms with E-state index < -0.39 is 0 Å². The molecule has 0 aliphatic heterocycles. The zero-order valence-corrected chi connectivity index (χ0v) is 12.9. The molecule has 0 saturated carbocycles. The molecule has 1 rings (SSSR count). The zero-order valence-electron chi connectivity index (χ0n) is 12.9. The molecule has 20 heavy (non-hydrogen) atoms. The van der Waals surface area contributed by atoms with Crippen molar-refractivity contribution in [3.8, 4) is 0 Å². The van der Waals surface area contributed by atoms with Gasteiger partial charge in [0, 0.05) is 45.1 Å². The number of nitrogens with one attached hydrogen (secondary N) is 1. The molecule has 4 heteroatoms. The Balaban J connectivity index is 2.54. The van der Waals surface area contributed by atoms with Crippen molar-refractivity contribution in [1.82, 2.24) is 5.32 Å². The van der Waals surface area contributed by atoms with Gasteiger partial charge in [0.1, 0.15) is 0 Å². The van der Waals surface area contributed by atoms with Crippen LogP contribution < -0.4 is 10.2 Å². The maximum Gasteiger partial charge on any atom is 0.0587 e. The van der Waals surface area contributed by atoms with Crippen LogP contribution >= 0.6 is 0 Å². The van der Waals surface area contributed by atoms with Gasteiger partial charge in [-0.25, -0.2) is 0 Å². The molecular formula is C16H28N2O2. The molecule has 1 aromatic rings. The van der Waals surface area contributed by atoms with Gasteiger partial charge >= 0.3 is 0 Å². The van der Waals surface area contributed by atoms with Crippen molar-refractivity contribution in [2.75, 3.05) is 38.3 Å². The lowest BCUT2D eigenvalue weighted by Gasteiger charge is -2.29. The quantitative estimate of drug-likeness (QED) is 0.644. The minimum Gasteiger partial charge on any atom is -0.396 e. The van der Waals surface area contributed by atoms with Crippen LogP contribution in [0.25, 0.3) is 0 Å². The number of hydrogen-bond donors (Lipinski definition) is 2. The number of anilines is 1. The second kappa shape index (κ2) is 9.75. The summed E-state index contributed by atoms with van der Waals surface area (Å²) in [4.78, 5) is 2.32. The zero-order chi connectivity index (χ0) is 14.8. The predicted molar refractivity (Wildman–Crippen MR) is 84.2 cm³/mol. The Morgan fingerprint density at radius 2 is 1.95 bits per heavy atom. The molecule has 0 heterocycles. The van der Waals surface area contributed by atoms with Gasteiger partial charge in [-0.1, -0.05) is 12.1 Å². The molecule has 2 N–H and O–H groups in total. The summed E-state index contributed by atoms with van der Waals surface area (Å²) in [6.45, 7) is 7.95. The van der Waals surface area contributed by atoms with Gasteiger partial charge in [-0.05, 0) is 38.0 Å². The van der Waals surface area contributed by atoms with Crippen LogP contribution in [0.3, 0.4) is 0 Å². The standard InChI is InChI=1S/C16H28N2O2/c1-14(2)18(10-4-11-19)16-7-5-15(6-8-16)13-17-9-12-20-3/h5-8,14,17,19H,4,9-13H2,1-3H3.